The Morgan fingerprint density at radius 1 is 1.11 bits per heavy atom. The number of nitrogens with zero attached hydrogens (tertiary/aromatic N) is 1. The first-order valence-corrected chi connectivity index (χ1v) is 10.1. The predicted molar refractivity (Wildman–Crippen MR) is 107 cm³/mol. The largest absolute Gasteiger partial charge is 0.494 e. The van der Waals surface area contributed by atoms with Crippen molar-refractivity contribution in [3.05, 3.63) is 53.6 Å². The number of carbonyl (C=O) groups excluding carboxylic acids is 1. The summed E-state index contributed by atoms with van der Waals surface area (Å²) in [5.74, 6) is 2.89. The van der Waals surface area contributed by atoms with E-state index in [-0.39, 0.29) is 12.7 Å². The Balaban J connectivity index is 1.28. The normalized spacial score (nSPS) is 16.2. The van der Waals surface area contributed by atoms with Gasteiger partial charge in [0.15, 0.2) is 11.5 Å². The molecule has 2 aliphatic rings. The van der Waals surface area contributed by atoms with Gasteiger partial charge in [-0.25, -0.2) is 0 Å². The van der Waals surface area contributed by atoms with E-state index in [0.717, 1.165) is 44.5 Å². The number of para-hydroxylation sites is 1. The second kappa shape index (κ2) is 8.55. The SMILES string of the molecule is CCOc1ccc(CCC2CCN(C(=O)c3cccc4c3OCO4)CC2)cc1. The minimum absolute atomic E-state index is 0.0484. The fourth-order valence-corrected chi connectivity index (χ4v) is 3.98. The molecule has 4 rings (SSSR count). The molecule has 0 aromatic heterocycles. The molecule has 1 amide bonds. The molecular weight excluding hydrogens is 354 g/mol. The zero-order valence-corrected chi connectivity index (χ0v) is 16.4. The third-order valence-corrected chi connectivity index (χ3v) is 5.60. The molecule has 0 N–H and O–H groups in total. The average molecular weight is 381 g/mol. The lowest BCUT2D eigenvalue weighted by Gasteiger charge is -2.32. The highest BCUT2D eigenvalue weighted by atomic mass is 16.7. The van der Waals surface area contributed by atoms with Crippen LogP contribution in [0.4, 0.5) is 0 Å². The van der Waals surface area contributed by atoms with Gasteiger partial charge in [-0.05, 0) is 68.4 Å². The molecule has 2 aliphatic heterocycles. The van der Waals surface area contributed by atoms with E-state index in [1.807, 2.05) is 42.2 Å². The number of hydrogen-bond donors (Lipinski definition) is 0. The molecule has 2 aromatic carbocycles. The molecule has 28 heavy (non-hydrogen) atoms. The van der Waals surface area contributed by atoms with Gasteiger partial charge < -0.3 is 19.1 Å². The van der Waals surface area contributed by atoms with Crippen molar-refractivity contribution in [2.75, 3.05) is 26.5 Å². The molecule has 0 bridgehead atoms. The fraction of sp³-hybridized carbons (Fsp3) is 0.435. The fourth-order valence-electron chi connectivity index (χ4n) is 3.98. The molecule has 1 saturated heterocycles. The van der Waals surface area contributed by atoms with Crippen molar-refractivity contribution in [3.63, 3.8) is 0 Å². The second-order valence-corrected chi connectivity index (χ2v) is 7.39. The summed E-state index contributed by atoms with van der Waals surface area (Å²) in [5, 5.41) is 0. The first kappa shape index (κ1) is 18.7. The van der Waals surface area contributed by atoms with Crippen LogP contribution < -0.4 is 14.2 Å². The van der Waals surface area contributed by atoms with Gasteiger partial charge in [0.05, 0.1) is 12.2 Å². The molecule has 0 radical (unpaired) electrons. The molecule has 2 aromatic rings. The number of benzene rings is 2. The number of fused-ring (bicyclic) bond motifs is 1. The van der Waals surface area contributed by atoms with E-state index in [4.69, 9.17) is 14.2 Å². The number of aryl methyl sites for hydroxylation is 1. The molecule has 5 nitrogen and oxygen atoms in total. The Morgan fingerprint density at radius 3 is 2.64 bits per heavy atom. The number of carbonyl (C=O) groups is 1. The Morgan fingerprint density at radius 2 is 1.89 bits per heavy atom. The van der Waals surface area contributed by atoms with Gasteiger partial charge in [-0.15, -0.1) is 0 Å². The lowest BCUT2D eigenvalue weighted by Crippen LogP contribution is -2.38. The second-order valence-electron chi connectivity index (χ2n) is 7.39. The zero-order chi connectivity index (χ0) is 19.3. The van der Waals surface area contributed by atoms with Crippen molar-refractivity contribution in [1.82, 2.24) is 4.90 Å². The maximum absolute atomic E-state index is 12.9. The number of amides is 1. The predicted octanol–water partition coefficient (Wildman–Crippen LogP) is 4.30. The molecule has 0 spiro atoms. The summed E-state index contributed by atoms with van der Waals surface area (Å²) in [6.07, 6.45) is 4.33. The van der Waals surface area contributed by atoms with Crippen LogP contribution in [0.25, 0.3) is 0 Å². The topological polar surface area (TPSA) is 48.0 Å². The molecule has 0 unspecified atom stereocenters. The Kier molecular flexibility index (Phi) is 5.70. The number of piperidine rings is 1. The lowest BCUT2D eigenvalue weighted by atomic mass is 9.90. The summed E-state index contributed by atoms with van der Waals surface area (Å²) < 4.78 is 16.4. The minimum Gasteiger partial charge on any atom is -0.494 e. The first-order chi connectivity index (χ1) is 13.7. The number of hydrogen-bond acceptors (Lipinski definition) is 4. The number of rotatable bonds is 6. The quantitative estimate of drug-likeness (QED) is 0.749. The average Bonchev–Trinajstić information content (AvgIpc) is 3.22. The van der Waals surface area contributed by atoms with Crippen molar-refractivity contribution < 1.29 is 19.0 Å². The van der Waals surface area contributed by atoms with Crippen LogP contribution in [0.1, 0.15) is 42.1 Å². The van der Waals surface area contributed by atoms with Crippen LogP contribution in [0.15, 0.2) is 42.5 Å². The highest BCUT2D eigenvalue weighted by molar-refractivity contribution is 5.98. The van der Waals surface area contributed by atoms with Crippen LogP contribution in [0, 0.1) is 5.92 Å². The molecule has 148 valence electrons. The summed E-state index contributed by atoms with van der Waals surface area (Å²) in [6.45, 7) is 4.49. The standard InChI is InChI=1S/C23H27NO4/c1-2-26-19-10-8-17(9-11-19)6-7-18-12-14-24(15-13-18)23(25)20-4-3-5-21-22(20)28-16-27-21/h3-5,8-11,18H,2,6-7,12-16H2,1H3. The Bertz CT molecular complexity index is 810. The van der Waals surface area contributed by atoms with Gasteiger partial charge in [-0.1, -0.05) is 18.2 Å². The van der Waals surface area contributed by atoms with Gasteiger partial charge in [0, 0.05) is 13.1 Å². The summed E-state index contributed by atoms with van der Waals surface area (Å²) in [4.78, 5) is 14.9. The Hall–Kier alpha value is -2.69. The molecule has 0 saturated carbocycles. The van der Waals surface area contributed by atoms with Crippen LogP contribution in [-0.4, -0.2) is 37.3 Å². The van der Waals surface area contributed by atoms with Crippen molar-refractivity contribution in [2.24, 2.45) is 5.92 Å². The van der Waals surface area contributed by atoms with Crippen molar-refractivity contribution >= 4 is 5.91 Å². The lowest BCUT2D eigenvalue weighted by molar-refractivity contribution is 0.0682. The molecule has 0 atom stereocenters. The van der Waals surface area contributed by atoms with Gasteiger partial charge in [-0.3, -0.25) is 4.79 Å². The van der Waals surface area contributed by atoms with E-state index in [1.54, 1.807) is 0 Å². The van der Waals surface area contributed by atoms with Crippen LogP contribution in [-0.2, 0) is 6.42 Å². The van der Waals surface area contributed by atoms with Crippen LogP contribution in [0.3, 0.4) is 0 Å². The Labute approximate surface area is 166 Å². The zero-order valence-electron chi connectivity index (χ0n) is 16.4. The monoisotopic (exact) mass is 381 g/mol. The van der Waals surface area contributed by atoms with E-state index in [0.29, 0.717) is 29.6 Å². The van der Waals surface area contributed by atoms with E-state index >= 15 is 0 Å². The van der Waals surface area contributed by atoms with Crippen LogP contribution >= 0.6 is 0 Å². The van der Waals surface area contributed by atoms with Crippen LogP contribution in [0.2, 0.25) is 0 Å². The van der Waals surface area contributed by atoms with Crippen molar-refractivity contribution in [1.29, 1.82) is 0 Å². The highest BCUT2D eigenvalue weighted by Gasteiger charge is 2.28. The van der Waals surface area contributed by atoms with E-state index < -0.39 is 0 Å². The van der Waals surface area contributed by atoms with E-state index in [1.165, 1.54) is 5.56 Å². The summed E-state index contributed by atoms with van der Waals surface area (Å²) in [7, 11) is 0. The van der Waals surface area contributed by atoms with Crippen molar-refractivity contribution in [2.45, 2.75) is 32.6 Å². The molecule has 5 heteroatoms. The first-order valence-electron chi connectivity index (χ1n) is 10.1. The highest BCUT2D eigenvalue weighted by Crippen LogP contribution is 2.36. The van der Waals surface area contributed by atoms with Crippen LogP contribution in [0.5, 0.6) is 17.2 Å². The minimum atomic E-state index is 0.0484. The van der Waals surface area contributed by atoms with Gasteiger partial charge in [0.1, 0.15) is 5.75 Å². The number of ether oxygens (including phenoxy) is 3. The van der Waals surface area contributed by atoms with Gasteiger partial charge in [0.25, 0.3) is 5.91 Å². The summed E-state index contributed by atoms with van der Waals surface area (Å²) in [5.41, 5.74) is 1.96. The van der Waals surface area contributed by atoms with Crippen molar-refractivity contribution in [3.8, 4) is 17.2 Å². The maximum atomic E-state index is 12.9. The molecule has 0 aliphatic carbocycles. The number of likely N-dealkylation sites (tertiary alicyclic amines) is 1. The molecule has 1 fully saturated rings. The van der Waals surface area contributed by atoms with Gasteiger partial charge >= 0.3 is 0 Å². The third kappa shape index (κ3) is 4.08. The van der Waals surface area contributed by atoms with E-state index in [9.17, 15) is 4.79 Å². The molecular formula is C23H27NO4. The summed E-state index contributed by atoms with van der Waals surface area (Å²) >= 11 is 0. The summed E-state index contributed by atoms with van der Waals surface area (Å²) in [6, 6.07) is 13.9. The van der Waals surface area contributed by atoms with Gasteiger partial charge in [-0.2, -0.15) is 0 Å². The van der Waals surface area contributed by atoms with Gasteiger partial charge in [0.2, 0.25) is 6.79 Å². The van der Waals surface area contributed by atoms with E-state index in [2.05, 4.69) is 12.1 Å². The maximum Gasteiger partial charge on any atom is 0.257 e. The molecule has 2 heterocycles. The smallest absolute Gasteiger partial charge is 0.257 e. The third-order valence-electron chi connectivity index (χ3n) is 5.60.